The number of para-hydroxylation sites is 1. The van der Waals surface area contributed by atoms with Crippen LogP contribution in [0.5, 0.6) is 0 Å². The maximum absolute atomic E-state index is 12.0. The second kappa shape index (κ2) is 5.89. The van der Waals surface area contributed by atoms with Crippen LogP contribution in [-0.2, 0) is 4.79 Å². The summed E-state index contributed by atoms with van der Waals surface area (Å²) >= 11 is 0. The van der Waals surface area contributed by atoms with E-state index in [1.54, 1.807) is 26.1 Å². The molecule has 5 heteroatoms. The summed E-state index contributed by atoms with van der Waals surface area (Å²) in [6.07, 6.45) is 0. The molecule has 0 saturated carbocycles. The Hall–Kier alpha value is -2.04. The third kappa shape index (κ3) is 3.48. The summed E-state index contributed by atoms with van der Waals surface area (Å²) in [4.78, 5) is 25.3. The van der Waals surface area contributed by atoms with Crippen molar-refractivity contribution in [3.63, 3.8) is 0 Å². The van der Waals surface area contributed by atoms with Crippen LogP contribution >= 0.6 is 0 Å². The fourth-order valence-electron chi connectivity index (χ4n) is 1.45. The number of anilines is 1. The van der Waals surface area contributed by atoms with Crippen LogP contribution in [0.3, 0.4) is 0 Å². The molecule has 17 heavy (non-hydrogen) atoms. The summed E-state index contributed by atoms with van der Waals surface area (Å²) in [6.45, 7) is 1.83. The lowest BCUT2D eigenvalue weighted by molar-refractivity contribution is -0.137. The minimum absolute atomic E-state index is 0.285. The van der Waals surface area contributed by atoms with Gasteiger partial charge in [0.05, 0.1) is 0 Å². The first kappa shape index (κ1) is 13.0. The minimum atomic E-state index is -1.01. The van der Waals surface area contributed by atoms with E-state index in [4.69, 9.17) is 5.11 Å². The molecule has 0 aliphatic rings. The van der Waals surface area contributed by atoms with Crippen molar-refractivity contribution in [3.8, 4) is 0 Å². The number of carboxylic acid groups (broad SMARTS) is 1. The van der Waals surface area contributed by atoms with Gasteiger partial charge in [0.1, 0.15) is 6.54 Å². The van der Waals surface area contributed by atoms with Crippen molar-refractivity contribution >= 4 is 17.7 Å². The Labute approximate surface area is 100 Å². The van der Waals surface area contributed by atoms with Gasteiger partial charge in [0.25, 0.3) is 0 Å². The first-order valence-corrected chi connectivity index (χ1v) is 5.35. The predicted octanol–water partition coefficient (Wildman–Crippen LogP) is 1.65. The van der Waals surface area contributed by atoms with Crippen molar-refractivity contribution in [2.45, 2.75) is 6.92 Å². The monoisotopic (exact) mass is 236 g/mol. The molecular weight excluding hydrogens is 220 g/mol. The van der Waals surface area contributed by atoms with E-state index < -0.39 is 5.97 Å². The van der Waals surface area contributed by atoms with Crippen LogP contribution in [0, 0.1) is 0 Å². The van der Waals surface area contributed by atoms with Crippen LogP contribution < -0.4 is 4.90 Å². The number of likely N-dealkylation sites (N-methyl/N-ethyl adjacent to an activating group) is 1. The van der Waals surface area contributed by atoms with Crippen LogP contribution in [0.2, 0.25) is 0 Å². The Bertz CT molecular complexity index is 392. The summed E-state index contributed by atoms with van der Waals surface area (Å²) in [5.41, 5.74) is 0.737. The molecule has 1 aromatic rings. The van der Waals surface area contributed by atoms with Crippen LogP contribution in [0.15, 0.2) is 30.3 Å². The van der Waals surface area contributed by atoms with Gasteiger partial charge in [0.15, 0.2) is 0 Å². The van der Waals surface area contributed by atoms with Crippen molar-refractivity contribution in [1.29, 1.82) is 0 Å². The molecule has 0 fully saturated rings. The van der Waals surface area contributed by atoms with Crippen molar-refractivity contribution in [2.75, 3.05) is 25.0 Å². The van der Waals surface area contributed by atoms with Gasteiger partial charge in [-0.2, -0.15) is 0 Å². The van der Waals surface area contributed by atoms with E-state index in [0.29, 0.717) is 6.54 Å². The fraction of sp³-hybridized carbons (Fsp3) is 0.333. The normalized spacial score (nSPS) is 9.76. The van der Waals surface area contributed by atoms with Gasteiger partial charge >= 0.3 is 12.0 Å². The zero-order valence-corrected chi connectivity index (χ0v) is 9.96. The molecule has 0 radical (unpaired) electrons. The van der Waals surface area contributed by atoms with Gasteiger partial charge in [-0.3, -0.25) is 9.69 Å². The third-order valence-corrected chi connectivity index (χ3v) is 2.41. The summed E-state index contributed by atoms with van der Waals surface area (Å²) in [5, 5.41) is 8.70. The molecule has 0 aromatic heterocycles. The van der Waals surface area contributed by atoms with Crippen molar-refractivity contribution in [1.82, 2.24) is 4.90 Å². The standard InChI is InChI=1S/C12H16N2O3/c1-3-14(9-11(15)16)12(17)13(2)10-7-5-4-6-8-10/h4-8H,3,9H2,1-2H3,(H,15,16). The molecule has 0 aliphatic carbocycles. The lowest BCUT2D eigenvalue weighted by Gasteiger charge is -2.25. The molecule has 0 heterocycles. The topological polar surface area (TPSA) is 60.9 Å². The van der Waals surface area contributed by atoms with E-state index in [-0.39, 0.29) is 12.6 Å². The Morgan fingerprint density at radius 2 is 1.82 bits per heavy atom. The van der Waals surface area contributed by atoms with E-state index in [9.17, 15) is 9.59 Å². The molecule has 1 N–H and O–H groups in total. The lowest BCUT2D eigenvalue weighted by Crippen LogP contribution is -2.43. The lowest BCUT2D eigenvalue weighted by atomic mass is 10.3. The van der Waals surface area contributed by atoms with Crippen LogP contribution in [0.25, 0.3) is 0 Å². The van der Waals surface area contributed by atoms with Gasteiger partial charge in [-0.05, 0) is 19.1 Å². The number of carboxylic acids is 1. The number of hydrogen-bond donors (Lipinski definition) is 1. The summed E-state index contributed by atoms with van der Waals surface area (Å²) < 4.78 is 0. The average Bonchev–Trinajstić information content (AvgIpc) is 2.35. The molecule has 0 bridgehead atoms. The molecule has 0 saturated heterocycles. The highest BCUT2D eigenvalue weighted by atomic mass is 16.4. The second-order valence-electron chi connectivity index (χ2n) is 3.59. The van der Waals surface area contributed by atoms with Crippen LogP contribution in [-0.4, -0.2) is 42.1 Å². The van der Waals surface area contributed by atoms with Gasteiger partial charge in [0, 0.05) is 19.3 Å². The zero-order valence-electron chi connectivity index (χ0n) is 9.96. The molecule has 0 unspecified atom stereocenters. The molecule has 1 rings (SSSR count). The molecule has 0 atom stereocenters. The summed E-state index contributed by atoms with van der Waals surface area (Å²) in [6, 6.07) is 8.79. The highest BCUT2D eigenvalue weighted by Gasteiger charge is 2.19. The quantitative estimate of drug-likeness (QED) is 0.864. The summed E-state index contributed by atoms with van der Waals surface area (Å²) in [7, 11) is 1.63. The average molecular weight is 236 g/mol. The molecule has 0 spiro atoms. The van der Waals surface area contributed by atoms with E-state index in [0.717, 1.165) is 5.69 Å². The van der Waals surface area contributed by atoms with Crippen molar-refractivity contribution in [3.05, 3.63) is 30.3 Å². The van der Waals surface area contributed by atoms with Crippen molar-refractivity contribution < 1.29 is 14.7 Å². The van der Waals surface area contributed by atoms with Gasteiger partial charge in [0.2, 0.25) is 0 Å². The molecule has 2 amide bonds. The number of carbonyl (C=O) groups is 2. The Kier molecular flexibility index (Phi) is 4.51. The number of hydrogen-bond acceptors (Lipinski definition) is 2. The number of benzene rings is 1. The fourth-order valence-corrected chi connectivity index (χ4v) is 1.45. The first-order chi connectivity index (χ1) is 8.06. The number of amides is 2. The van der Waals surface area contributed by atoms with Crippen LogP contribution in [0.1, 0.15) is 6.92 Å². The highest BCUT2D eigenvalue weighted by Crippen LogP contribution is 2.12. The van der Waals surface area contributed by atoms with Gasteiger partial charge < -0.3 is 10.0 Å². The van der Waals surface area contributed by atoms with E-state index in [1.807, 2.05) is 18.2 Å². The molecule has 0 aliphatic heterocycles. The number of nitrogens with zero attached hydrogens (tertiary/aromatic N) is 2. The summed E-state index contributed by atoms with van der Waals surface area (Å²) in [5.74, 6) is -1.01. The second-order valence-corrected chi connectivity index (χ2v) is 3.59. The smallest absolute Gasteiger partial charge is 0.324 e. The van der Waals surface area contributed by atoms with Crippen LogP contribution in [0.4, 0.5) is 10.5 Å². The molecule has 1 aromatic carbocycles. The minimum Gasteiger partial charge on any atom is -0.480 e. The Morgan fingerprint density at radius 3 is 2.29 bits per heavy atom. The predicted molar refractivity (Wildman–Crippen MR) is 65.1 cm³/mol. The largest absolute Gasteiger partial charge is 0.480 e. The van der Waals surface area contributed by atoms with Crippen molar-refractivity contribution in [2.24, 2.45) is 0 Å². The molecule has 92 valence electrons. The first-order valence-electron chi connectivity index (χ1n) is 5.35. The Morgan fingerprint density at radius 1 is 1.24 bits per heavy atom. The van der Waals surface area contributed by atoms with Gasteiger partial charge in [-0.15, -0.1) is 0 Å². The number of aliphatic carboxylic acids is 1. The number of urea groups is 1. The molecular formula is C12H16N2O3. The maximum Gasteiger partial charge on any atom is 0.324 e. The maximum atomic E-state index is 12.0. The van der Waals surface area contributed by atoms with E-state index >= 15 is 0 Å². The van der Waals surface area contributed by atoms with E-state index in [1.165, 1.54) is 9.80 Å². The molecule has 5 nitrogen and oxygen atoms in total. The SMILES string of the molecule is CCN(CC(=O)O)C(=O)N(C)c1ccccc1. The third-order valence-electron chi connectivity index (χ3n) is 2.41. The number of carbonyl (C=O) groups excluding carboxylic acids is 1. The van der Waals surface area contributed by atoms with E-state index in [2.05, 4.69) is 0 Å². The Balaban J connectivity index is 2.77. The zero-order chi connectivity index (χ0) is 12.8. The van der Waals surface area contributed by atoms with Gasteiger partial charge in [-0.1, -0.05) is 18.2 Å². The highest BCUT2D eigenvalue weighted by molar-refractivity contribution is 5.93. The number of rotatable bonds is 4. The van der Waals surface area contributed by atoms with Gasteiger partial charge in [-0.25, -0.2) is 4.79 Å².